The molecule has 0 aliphatic carbocycles. The number of nitriles is 1. The smallest absolute Gasteiger partial charge is 0.203 e. The van der Waals surface area contributed by atoms with Gasteiger partial charge in [-0.3, -0.25) is 4.79 Å². The number of benzene rings is 1. The summed E-state index contributed by atoms with van der Waals surface area (Å²) in [6, 6.07) is 9.23. The van der Waals surface area contributed by atoms with E-state index in [-0.39, 0.29) is 5.78 Å². The fourth-order valence-electron chi connectivity index (χ4n) is 1.56. The Bertz CT molecular complexity index is 613. The van der Waals surface area contributed by atoms with E-state index in [9.17, 15) is 10.1 Å². The molecule has 3 nitrogen and oxygen atoms in total. The summed E-state index contributed by atoms with van der Waals surface area (Å²) >= 11 is 4.73. The van der Waals surface area contributed by atoms with Crippen LogP contribution in [-0.4, -0.2) is 10.8 Å². The summed E-state index contributed by atoms with van der Waals surface area (Å²) in [5, 5.41) is 11.7. The van der Waals surface area contributed by atoms with Gasteiger partial charge in [0.25, 0.3) is 0 Å². The van der Waals surface area contributed by atoms with Crippen molar-refractivity contribution >= 4 is 33.0 Å². The molecule has 5 heteroatoms. The van der Waals surface area contributed by atoms with Gasteiger partial charge >= 0.3 is 0 Å². The van der Waals surface area contributed by atoms with E-state index in [4.69, 9.17) is 0 Å². The van der Waals surface area contributed by atoms with E-state index in [1.54, 1.807) is 17.5 Å². The van der Waals surface area contributed by atoms with Crippen LogP contribution < -0.4 is 0 Å². The lowest BCUT2D eigenvalue weighted by atomic mass is 9.95. The highest BCUT2D eigenvalue weighted by Gasteiger charge is 2.23. The number of Topliss-reactive ketones (excluding diaryl/α,β-unsaturated/α-hetero) is 1. The van der Waals surface area contributed by atoms with Crippen molar-refractivity contribution < 1.29 is 4.79 Å². The highest BCUT2D eigenvalue weighted by Crippen LogP contribution is 2.23. The molecule has 1 aromatic carbocycles. The number of ketones is 1. The monoisotopic (exact) mass is 320 g/mol. The quantitative estimate of drug-likeness (QED) is 0.810. The van der Waals surface area contributed by atoms with Crippen LogP contribution in [0.15, 0.2) is 34.1 Å². The van der Waals surface area contributed by atoms with E-state index < -0.39 is 5.92 Å². The molecule has 0 radical (unpaired) electrons. The van der Waals surface area contributed by atoms with Crippen LogP contribution in [0.3, 0.4) is 0 Å². The van der Waals surface area contributed by atoms with Gasteiger partial charge in [-0.15, -0.1) is 11.3 Å². The number of hydrogen-bond acceptors (Lipinski definition) is 4. The minimum atomic E-state index is -0.792. The second-order valence-electron chi connectivity index (χ2n) is 3.73. The summed E-state index contributed by atoms with van der Waals surface area (Å²) in [7, 11) is 0. The molecule has 0 spiro atoms. The third-order valence-corrected chi connectivity index (χ3v) is 3.77. The van der Waals surface area contributed by atoms with Gasteiger partial charge in [-0.25, -0.2) is 4.98 Å². The van der Waals surface area contributed by atoms with E-state index >= 15 is 0 Å². The molecule has 0 N–H and O–H groups in total. The van der Waals surface area contributed by atoms with Gasteiger partial charge in [0.05, 0.1) is 11.1 Å². The summed E-state index contributed by atoms with van der Waals surface area (Å²) < 4.78 is 0.917. The van der Waals surface area contributed by atoms with Crippen molar-refractivity contribution in [3.63, 3.8) is 0 Å². The Hall–Kier alpha value is -1.51. The van der Waals surface area contributed by atoms with Crippen LogP contribution in [0.4, 0.5) is 0 Å². The molecular weight excluding hydrogens is 312 g/mol. The predicted octanol–water partition coefficient (Wildman–Crippen LogP) is 3.70. The number of carbonyl (C=O) groups is 1. The average Bonchev–Trinajstić information content (AvgIpc) is 2.79. The van der Waals surface area contributed by atoms with Crippen molar-refractivity contribution in [2.45, 2.75) is 12.8 Å². The maximum atomic E-state index is 12.2. The van der Waals surface area contributed by atoms with Crippen LogP contribution in [-0.2, 0) is 0 Å². The van der Waals surface area contributed by atoms with Crippen molar-refractivity contribution in [1.29, 1.82) is 5.26 Å². The number of nitrogens with zero attached hydrogens (tertiary/aromatic N) is 2. The van der Waals surface area contributed by atoms with Crippen molar-refractivity contribution in [2.75, 3.05) is 0 Å². The SMILES string of the molecule is Cc1nc(C(=O)C(C#N)c2ccc(Br)cc2)cs1. The highest BCUT2D eigenvalue weighted by atomic mass is 79.9. The maximum Gasteiger partial charge on any atom is 0.203 e. The number of rotatable bonds is 3. The zero-order valence-corrected chi connectivity index (χ0v) is 12.0. The Balaban J connectivity index is 2.32. The van der Waals surface area contributed by atoms with Gasteiger partial charge < -0.3 is 0 Å². The van der Waals surface area contributed by atoms with Crippen LogP contribution >= 0.6 is 27.3 Å². The number of hydrogen-bond donors (Lipinski definition) is 0. The lowest BCUT2D eigenvalue weighted by Crippen LogP contribution is -2.11. The van der Waals surface area contributed by atoms with E-state index in [1.807, 2.05) is 25.1 Å². The Morgan fingerprint density at radius 3 is 2.61 bits per heavy atom. The Kier molecular flexibility index (Phi) is 3.90. The molecule has 2 rings (SSSR count). The van der Waals surface area contributed by atoms with E-state index in [1.165, 1.54) is 11.3 Å². The minimum absolute atomic E-state index is 0.246. The first-order valence-corrected chi connectivity index (χ1v) is 6.90. The zero-order chi connectivity index (χ0) is 13.1. The molecule has 90 valence electrons. The summed E-state index contributed by atoms with van der Waals surface area (Å²) in [6.45, 7) is 1.84. The molecule has 18 heavy (non-hydrogen) atoms. The standard InChI is InChI=1S/C13H9BrN2OS/c1-8-16-12(7-18-8)13(17)11(6-15)9-2-4-10(14)5-3-9/h2-5,7,11H,1H3. The second-order valence-corrected chi connectivity index (χ2v) is 5.71. The predicted molar refractivity (Wildman–Crippen MR) is 73.7 cm³/mol. The Morgan fingerprint density at radius 1 is 1.44 bits per heavy atom. The lowest BCUT2D eigenvalue weighted by Gasteiger charge is -2.06. The fraction of sp³-hybridized carbons (Fsp3) is 0.154. The molecule has 2 aromatic rings. The molecule has 1 atom stereocenters. The van der Waals surface area contributed by atoms with Gasteiger partial charge in [0, 0.05) is 9.85 Å². The third kappa shape index (κ3) is 2.66. The van der Waals surface area contributed by atoms with Gasteiger partial charge in [0.1, 0.15) is 11.6 Å². The van der Waals surface area contributed by atoms with Crippen LogP contribution in [0, 0.1) is 18.3 Å². The van der Waals surface area contributed by atoms with E-state index in [2.05, 4.69) is 20.9 Å². The van der Waals surface area contributed by atoms with E-state index in [0.717, 1.165) is 9.48 Å². The van der Waals surface area contributed by atoms with Crippen LogP contribution in [0.2, 0.25) is 0 Å². The fourth-order valence-corrected chi connectivity index (χ4v) is 2.43. The van der Waals surface area contributed by atoms with Gasteiger partial charge in [0.15, 0.2) is 0 Å². The molecule has 0 aliphatic rings. The second kappa shape index (κ2) is 5.42. The largest absolute Gasteiger partial charge is 0.291 e. The van der Waals surface area contributed by atoms with Crippen molar-refractivity contribution in [3.8, 4) is 6.07 Å². The summed E-state index contributed by atoms with van der Waals surface area (Å²) in [5.41, 5.74) is 1.06. The number of aromatic nitrogens is 1. The molecule has 0 aliphatic heterocycles. The van der Waals surface area contributed by atoms with Crippen LogP contribution in [0.5, 0.6) is 0 Å². The van der Waals surface area contributed by atoms with E-state index in [0.29, 0.717) is 11.3 Å². The topological polar surface area (TPSA) is 53.8 Å². The molecule has 0 amide bonds. The summed E-state index contributed by atoms with van der Waals surface area (Å²) in [6.07, 6.45) is 0. The molecular formula is C13H9BrN2OS. The van der Waals surface area contributed by atoms with Crippen molar-refractivity contribution in [3.05, 3.63) is 50.4 Å². The molecule has 1 heterocycles. The van der Waals surface area contributed by atoms with Gasteiger partial charge in [0.2, 0.25) is 5.78 Å². The molecule has 0 fully saturated rings. The number of thiazole rings is 1. The zero-order valence-electron chi connectivity index (χ0n) is 9.55. The number of aryl methyl sites for hydroxylation is 1. The Labute approximate surface area is 117 Å². The van der Waals surface area contributed by atoms with Gasteiger partial charge in [-0.05, 0) is 24.6 Å². The minimum Gasteiger partial charge on any atom is -0.291 e. The average molecular weight is 321 g/mol. The highest BCUT2D eigenvalue weighted by molar-refractivity contribution is 9.10. The lowest BCUT2D eigenvalue weighted by molar-refractivity contribution is 0.0974. The van der Waals surface area contributed by atoms with Crippen molar-refractivity contribution in [2.24, 2.45) is 0 Å². The summed E-state index contributed by atoms with van der Waals surface area (Å²) in [4.78, 5) is 16.3. The van der Waals surface area contributed by atoms with Crippen LogP contribution in [0.25, 0.3) is 0 Å². The maximum absolute atomic E-state index is 12.2. The first-order chi connectivity index (χ1) is 8.61. The molecule has 1 unspecified atom stereocenters. The van der Waals surface area contributed by atoms with Gasteiger partial charge in [-0.2, -0.15) is 5.26 Å². The number of halogens is 1. The summed E-state index contributed by atoms with van der Waals surface area (Å²) in [5.74, 6) is -1.04. The van der Waals surface area contributed by atoms with Crippen molar-refractivity contribution in [1.82, 2.24) is 4.98 Å². The van der Waals surface area contributed by atoms with Gasteiger partial charge in [-0.1, -0.05) is 28.1 Å². The third-order valence-electron chi connectivity index (χ3n) is 2.47. The first-order valence-electron chi connectivity index (χ1n) is 5.23. The Morgan fingerprint density at radius 2 is 2.11 bits per heavy atom. The first kappa shape index (κ1) is 12.9. The van der Waals surface area contributed by atoms with Crippen LogP contribution in [0.1, 0.15) is 27.0 Å². The normalized spacial score (nSPS) is 11.8. The molecule has 0 saturated heterocycles. The molecule has 0 saturated carbocycles. The molecule has 0 bridgehead atoms. The number of carbonyl (C=O) groups excluding carboxylic acids is 1. The molecule has 1 aromatic heterocycles.